The number of benzene rings is 2. The summed E-state index contributed by atoms with van der Waals surface area (Å²) in [5.74, 6) is 0. The molecule has 2 rings (SSSR count). The maximum Gasteiger partial charge on any atom is 0.416 e. The highest BCUT2D eigenvalue weighted by molar-refractivity contribution is 7.99. The summed E-state index contributed by atoms with van der Waals surface area (Å²) in [6.45, 7) is 0. The molecule has 2 aromatic rings. The first-order chi connectivity index (χ1) is 8.86. The lowest BCUT2D eigenvalue weighted by atomic mass is 10.2. The molecule has 0 aromatic heterocycles. The fourth-order valence-corrected chi connectivity index (χ4v) is 2.42. The Morgan fingerprint density at radius 2 is 1.68 bits per heavy atom. The monoisotopic (exact) mass is 284 g/mol. The molecule has 0 heterocycles. The van der Waals surface area contributed by atoms with Crippen LogP contribution in [0.5, 0.6) is 0 Å². The van der Waals surface area contributed by atoms with Gasteiger partial charge in [-0.05, 0) is 36.4 Å². The van der Waals surface area contributed by atoms with E-state index < -0.39 is 11.7 Å². The van der Waals surface area contributed by atoms with Crippen molar-refractivity contribution in [3.05, 3.63) is 48.0 Å². The predicted octanol–water partition coefficient (Wildman–Crippen LogP) is 4.02. The number of anilines is 2. The normalized spacial score (nSPS) is 11.5. The number of hydrogen-bond acceptors (Lipinski definition) is 3. The van der Waals surface area contributed by atoms with Crippen molar-refractivity contribution < 1.29 is 13.2 Å². The number of nitrogens with two attached hydrogens (primary N) is 2. The zero-order chi connectivity index (χ0) is 14.0. The summed E-state index contributed by atoms with van der Waals surface area (Å²) in [5, 5.41) is 0. The highest BCUT2D eigenvalue weighted by atomic mass is 32.2. The zero-order valence-electron chi connectivity index (χ0n) is 9.74. The van der Waals surface area contributed by atoms with Crippen LogP contribution in [0.4, 0.5) is 24.5 Å². The standard InChI is InChI=1S/C13H11F3N2S/c14-13(15,16)8-2-1-3-10(6-8)19-12-5-4-9(17)7-11(12)18/h1-7H,17-18H2. The molecule has 0 bridgehead atoms. The van der Waals surface area contributed by atoms with Gasteiger partial charge in [0.15, 0.2) is 0 Å². The molecule has 2 aromatic carbocycles. The molecule has 0 aliphatic rings. The van der Waals surface area contributed by atoms with E-state index in [1.807, 2.05) is 0 Å². The average molecular weight is 284 g/mol. The van der Waals surface area contributed by atoms with Crippen LogP contribution in [0.25, 0.3) is 0 Å². The molecule has 0 saturated carbocycles. The predicted molar refractivity (Wildman–Crippen MR) is 70.8 cm³/mol. The minimum Gasteiger partial charge on any atom is -0.399 e. The van der Waals surface area contributed by atoms with Crippen molar-refractivity contribution in [2.75, 3.05) is 11.5 Å². The molecule has 0 saturated heterocycles. The Morgan fingerprint density at radius 1 is 0.947 bits per heavy atom. The Kier molecular flexibility index (Phi) is 3.61. The molecule has 0 fully saturated rings. The summed E-state index contributed by atoms with van der Waals surface area (Å²) in [4.78, 5) is 1.15. The van der Waals surface area contributed by atoms with E-state index in [0.29, 0.717) is 21.2 Å². The number of alkyl halides is 3. The number of halogens is 3. The van der Waals surface area contributed by atoms with Crippen LogP contribution in [0.3, 0.4) is 0 Å². The minimum absolute atomic E-state index is 0.447. The molecule has 0 spiro atoms. The smallest absolute Gasteiger partial charge is 0.399 e. The molecule has 0 radical (unpaired) electrons. The van der Waals surface area contributed by atoms with Gasteiger partial charge in [-0.25, -0.2) is 0 Å². The summed E-state index contributed by atoms with van der Waals surface area (Å²) in [7, 11) is 0. The molecular formula is C13H11F3N2S. The van der Waals surface area contributed by atoms with Gasteiger partial charge in [0.1, 0.15) is 0 Å². The first-order valence-electron chi connectivity index (χ1n) is 5.36. The second-order valence-corrected chi connectivity index (χ2v) is 5.04. The average Bonchev–Trinajstić information content (AvgIpc) is 2.32. The fourth-order valence-electron chi connectivity index (χ4n) is 1.52. The fraction of sp³-hybridized carbons (Fsp3) is 0.0769. The summed E-state index contributed by atoms with van der Waals surface area (Å²) >= 11 is 1.17. The van der Waals surface area contributed by atoms with Crippen LogP contribution in [0, 0.1) is 0 Å². The van der Waals surface area contributed by atoms with Crippen molar-refractivity contribution in [3.8, 4) is 0 Å². The molecule has 6 heteroatoms. The Hall–Kier alpha value is -1.82. The van der Waals surface area contributed by atoms with Crippen LogP contribution in [0.2, 0.25) is 0 Å². The van der Waals surface area contributed by atoms with Crippen LogP contribution < -0.4 is 11.5 Å². The number of rotatable bonds is 2. The van der Waals surface area contributed by atoms with Gasteiger partial charge in [-0.15, -0.1) is 0 Å². The molecule has 100 valence electrons. The van der Waals surface area contributed by atoms with Gasteiger partial charge in [-0.1, -0.05) is 17.8 Å². The molecule has 0 atom stereocenters. The van der Waals surface area contributed by atoms with Crippen LogP contribution in [0.15, 0.2) is 52.3 Å². The third kappa shape index (κ3) is 3.35. The first-order valence-corrected chi connectivity index (χ1v) is 6.18. The lowest BCUT2D eigenvalue weighted by Gasteiger charge is -2.09. The highest BCUT2D eigenvalue weighted by Crippen LogP contribution is 2.36. The molecule has 0 aliphatic heterocycles. The molecule has 4 N–H and O–H groups in total. The highest BCUT2D eigenvalue weighted by Gasteiger charge is 2.30. The topological polar surface area (TPSA) is 52.0 Å². The molecule has 0 amide bonds. The van der Waals surface area contributed by atoms with Crippen LogP contribution >= 0.6 is 11.8 Å². The third-order valence-electron chi connectivity index (χ3n) is 2.42. The Labute approximate surface area is 112 Å². The van der Waals surface area contributed by atoms with E-state index in [4.69, 9.17) is 11.5 Å². The van der Waals surface area contributed by atoms with Crippen molar-refractivity contribution in [1.82, 2.24) is 0 Å². The summed E-state index contributed by atoms with van der Waals surface area (Å²) in [6, 6.07) is 10.0. The SMILES string of the molecule is Nc1ccc(Sc2cccc(C(F)(F)F)c2)c(N)c1. The van der Waals surface area contributed by atoms with Gasteiger partial charge in [0, 0.05) is 21.2 Å². The van der Waals surface area contributed by atoms with E-state index >= 15 is 0 Å². The van der Waals surface area contributed by atoms with Crippen molar-refractivity contribution in [3.63, 3.8) is 0 Å². The van der Waals surface area contributed by atoms with E-state index in [2.05, 4.69) is 0 Å². The molecule has 0 aliphatic carbocycles. The van der Waals surface area contributed by atoms with Gasteiger partial charge in [-0.3, -0.25) is 0 Å². The minimum atomic E-state index is -4.34. The molecular weight excluding hydrogens is 273 g/mol. The first kappa shape index (κ1) is 13.6. The summed E-state index contributed by atoms with van der Waals surface area (Å²) in [6.07, 6.45) is -4.34. The van der Waals surface area contributed by atoms with E-state index in [9.17, 15) is 13.2 Å². The number of hydrogen-bond donors (Lipinski definition) is 2. The second-order valence-electron chi connectivity index (χ2n) is 3.92. The third-order valence-corrected chi connectivity index (χ3v) is 3.50. The van der Waals surface area contributed by atoms with Crippen molar-refractivity contribution >= 4 is 23.1 Å². The second kappa shape index (κ2) is 5.05. The van der Waals surface area contributed by atoms with E-state index in [1.165, 1.54) is 17.8 Å². The van der Waals surface area contributed by atoms with Crippen molar-refractivity contribution in [2.45, 2.75) is 16.0 Å². The van der Waals surface area contributed by atoms with Gasteiger partial charge in [0.2, 0.25) is 0 Å². The lowest BCUT2D eigenvalue weighted by molar-refractivity contribution is -0.137. The Morgan fingerprint density at radius 3 is 2.32 bits per heavy atom. The largest absolute Gasteiger partial charge is 0.416 e. The van der Waals surface area contributed by atoms with Crippen LogP contribution in [-0.4, -0.2) is 0 Å². The molecule has 0 unspecified atom stereocenters. The Balaban J connectivity index is 2.29. The van der Waals surface area contributed by atoms with Crippen LogP contribution in [0.1, 0.15) is 5.56 Å². The van der Waals surface area contributed by atoms with Crippen molar-refractivity contribution in [2.24, 2.45) is 0 Å². The number of nitrogen functional groups attached to an aromatic ring is 2. The lowest BCUT2D eigenvalue weighted by Crippen LogP contribution is -2.04. The van der Waals surface area contributed by atoms with Gasteiger partial charge in [0.25, 0.3) is 0 Å². The Bertz CT molecular complexity index is 597. The van der Waals surface area contributed by atoms with Gasteiger partial charge < -0.3 is 11.5 Å². The van der Waals surface area contributed by atoms with E-state index in [0.717, 1.165) is 12.1 Å². The molecule has 19 heavy (non-hydrogen) atoms. The molecule has 2 nitrogen and oxygen atoms in total. The van der Waals surface area contributed by atoms with Gasteiger partial charge in [-0.2, -0.15) is 13.2 Å². The van der Waals surface area contributed by atoms with Crippen LogP contribution in [-0.2, 0) is 6.18 Å². The quantitative estimate of drug-likeness (QED) is 0.819. The zero-order valence-corrected chi connectivity index (χ0v) is 10.6. The van der Waals surface area contributed by atoms with Crippen molar-refractivity contribution in [1.29, 1.82) is 0 Å². The maximum absolute atomic E-state index is 12.6. The van der Waals surface area contributed by atoms with Gasteiger partial charge >= 0.3 is 6.18 Å². The van der Waals surface area contributed by atoms with E-state index in [1.54, 1.807) is 24.3 Å². The van der Waals surface area contributed by atoms with E-state index in [-0.39, 0.29) is 0 Å². The summed E-state index contributed by atoms with van der Waals surface area (Å²) < 4.78 is 37.8. The maximum atomic E-state index is 12.6. The summed E-state index contributed by atoms with van der Waals surface area (Å²) in [5.41, 5.74) is 11.6. The van der Waals surface area contributed by atoms with Gasteiger partial charge in [0.05, 0.1) is 5.56 Å².